The average molecular weight is 496 g/mol. The van der Waals surface area contributed by atoms with Crippen LogP contribution in [-0.2, 0) is 4.74 Å². The first kappa shape index (κ1) is 24.9. The van der Waals surface area contributed by atoms with Crippen LogP contribution in [0.5, 0.6) is 0 Å². The maximum Gasteiger partial charge on any atom is 0.191 e. The lowest BCUT2D eigenvalue weighted by molar-refractivity contribution is 0.131. The topological polar surface area (TPSA) is 69.1 Å². The van der Waals surface area contributed by atoms with Gasteiger partial charge in [-0.15, -0.1) is 24.0 Å². The Labute approximate surface area is 182 Å². The Morgan fingerprint density at radius 3 is 2.59 bits per heavy atom. The fourth-order valence-corrected chi connectivity index (χ4v) is 4.36. The second-order valence-electron chi connectivity index (χ2n) is 8.46. The number of ether oxygens (including phenoxy) is 1. The minimum Gasteiger partial charge on any atom is -0.396 e. The number of piperidine rings is 1. The standard InChI is InChI=1S/C20H40N4O2.HI/c1-4-21-19(23-15-20(6-10-25)7-11-26-16-20)22-8-5-9-24-13-17(2)12-18(3)14-24;/h17-18,25H,4-16H2,1-3H3,(H2,21,22,23);1H. The van der Waals surface area contributed by atoms with Crippen LogP contribution < -0.4 is 10.6 Å². The Hall–Kier alpha value is -0.120. The van der Waals surface area contributed by atoms with Gasteiger partial charge in [0.25, 0.3) is 0 Å². The summed E-state index contributed by atoms with van der Waals surface area (Å²) in [6.45, 7) is 14.7. The molecule has 2 fully saturated rings. The average Bonchev–Trinajstić information content (AvgIpc) is 3.05. The molecule has 2 heterocycles. The first-order chi connectivity index (χ1) is 12.6. The second kappa shape index (κ2) is 13.2. The Morgan fingerprint density at radius 2 is 2.00 bits per heavy atom. The minimum absolute atomic E-state index is 0. The largest absolute Gasteiger partial charge is 0.396 e. The fourth-order valence-electron chi connectivity index (χ4n) is 4.36. The summed E-state index contributed by atoms with van der Waals surface area (Å²) in [7, 11) is 0. The number of aliphatic hydroxyl groups is 1. The molecular weight excluding hydrogens is 455 g/mol. The third kappa shape index (κ3) is 8.83. The molecule has 0 aromatic carbocycles. The molecule has 2 saturated heterocycles. The van der Waals surface area contributed by atoms with Crippen molar-refractivity contribution < 1.29 is 9.84 Å². The molecule has 0 aromatic heterocycles. The molecule has 2 aliphatic heterocycles. The highest BCUT2D eigenvalue weighted by atomic mass is 127. The molecule has 27 heavy (non-hydrogen) atoms. The van der Waals surface area contributed by atoms with Crippen molar-refractivity contribution >= 4 is 29.9 Å². The van der Waals surface area contributed by atoms with Gasteiger partial charge in [-0.05, 0) is 51.0 Å². The van der Waals surface area contributed by atoms with Crippen molar-refractivity contribution in [2.75, 3.05) is 59.1 Å². The maximum absolute atomic E-state index is 9.35. The van der Waals surface area contributed by atoms with E-state index in [4.69, 9.17) is 9.73 Å². The minimum atomic E-state index is 0. The Bertz CT molecular complexity index is 420. The molecule has 2 aliphatic rings. The van der Waals surface area contributed by atoms with Gasteiger partial charge in [-0.2, -0.15) is 0 Å². The zero-order chi connectivity index (χ0) is 18.8. The van der Waals surface area contributed by atoms with Crippen molar-refractivity contribution in [3.63, 3.8) is 0 Å². The molecule has 2 rings (SSSR count). The number of hydrogen-bond donors (Lipinski definition) is 3. The van der Waals surface area contributed by atoms with E-state index in [1.165, 1.54) is 19.5 Å². The summed E-state index contributed by atoms with van der Waals surface area (Å²) in [5, 5.41) is 16.2. The zero-order valence-corrected chi connectivity index (χ0v) is 19.8. The van der Waals surface area contributed by atoms with Gasteiger partial charge in [0.05, 0.1) is 13.2 Å². The number of aliphatic imine (C=N–C) groups is 1. The normalized spacial score (nSPS) is 29.4. The van der Waals surface area contributed by atoms with Crippen LogP contribution in [0.25, 0.3) is 0 Å². The van der Waals surface area contributed by atoms with E-state index in [0.717, 1.165) is 63.3 Å². The van der Waals surface area contributed by atoms with Crippen molar-refractivity contribution in [1.29, 1.82) is 0 Å². The Balaban J connectivity index is 0.00000364. The number of hydrogen-bond acceptors (Lipinski definition) is 4. The highest BCUT2D eigenvalue weighted by molar-refractivity contribution is 14.0. The first-order valence-electron chi connectivity index (χ1n) is 10.5. The molecule has 0 aromatic rings. The van der Waals surface area contributed by atoms with Gasteiger partial charge in [0.2, 0.25) is 0 Å². The van der Waals surface area contributed by atoms with E-state index < -0.39 is 0 Å². The van der Waals surface area contributed by atoms with Crippen LogP contribution in [-0.4, -0.2) is 75.1 Å². The highest BCUT2D eigenvalue weighted by Crippen LogP contribution is 2.32. The number of guanidine groups is 1. The number of nitrogens with one attached hydrogen (secondary N) is 2. The molecule has 0 spiro atoms. The van der Waals surface area contributed by atoms with Gasteiger partial charge in [-0.25, -0.2) is 0 Å². The fraction of sp³-hybridized carbons (Fsp3) is 0.950. The molecule has 0 bridgehead atoms. The molecule has 0 radical (unpaired) electrons. The molecular formula is C20H41IN4O2. The second-order valence-corrected chi connectivity index (χ2v) is 8.46. The summed E-state index contributed by atoms with van der Waals surface area (Å²) in [6.07, 6.45) is 4.25. The SMILES string of the molecule is CCNC(=NCC1(CCO)CCOC1)NCCCN1CC(C)CC(C)C1.I. The molecule has 3 N–H and O–H groups in total. The molecule has 0 aliphatic carbocycles. The van der Waals surface area contributed by atoms with Crippen molar-refractivity contribution in [3.8, 4) is 0 Å². The molecule has 0 saturated carbocycles. The van der Waals surface area contributed by atoms with E-state index in [2.05, 4.69) is 36.3 Å². The number of likely N-dealkylation sites (tertiary alicyclic amines) is 1. The highest BCUT2D eigenvalue weighted by Gasteiger charge is 2.34. The van der Waals surface area contributed by atoms with Crippen LogP contribution in [0.3, 0.4) is 0 Å². The van der Waals surface area contributed by atoms with E-state index in [9.17, 15) is 5.11 Å². The van der Waals surface area contributed by atoms with E-state index >= 15 is 0 Å². The van der Waals surface area contributed by atoms with Gasteiger partial charge in [0, 0.05) is 44.8 Å². The van der Waals surface area contributed by atoms with Gasteiger partial charge in [-0.3, -0.25) is 4.99 Å². The van der Waals surface area contributed by atoms with Crippen LogP contribution in [0.15, 0.2) is 4.99 Å². The van der Waals surface area contributed by atoms with Crippen LogP contribution in [0.1, 0.15) is 46.5 Å². The summed E-state index contributed by atoms with van der Waals surface area (Å²) < 4.78 is 5.56. The van der Waals surface area contributed by atoms with Crippen LogP contribution >= 0.6 is 24.0 Å². The molecule has 6 nitrogen and oxygen atoms in total. The Kier molecular flexibility index (Phi) is 12.2. The van der Waals surface area contributed by atoms with Crippen molar-refractivity contribution in [2.24, 2.45) is 22.2 Å². The van der Waals surface area contributed by atoms with Gasteiger partial charge < -0.3 is 25.4 Å². The van der Waals surface area contributed by atoms with E-state index in [1.54, 1.807) is 0 Å². The van der Waals surface area contributed by atoms with E-state index in [0.29, 0.717) is 13.2 Å². The third-order valence-electron chi connectivity index (χ3n) is 5.63. The van der Waals surface area contributed by atoms with Gasteiger partial charge >= 0.3 is 0 Å². The molecule has 3 atom stereocenters. The smallest absolute Gasteiger partial charge is 0.191 e. The predicted octanol–water partition coefficient (Wildman–Crippen LogP) is 2.32. The van der Waals surface area contributed by atoms with Crippen LogP contribution in [0.4, 0.5) is 0 Å². The van der Waals surface area contributed by atoms with E-state index in [1.807, 2.05) is 0 Å². The molecule has 7 heteroatoms. The van der Waals surface area contributed by atoms with E-state index in [-0.39, 0.29) is 36.0 Å². The van der Waals surface area contributed by atoms with Crippen LogP contribution in [0.2, 0.25) is 0 Å². The van der Waals surface area contributed by atoms with Crippen LogP contribution in [0, 0.1) is 17.3 Å². The van der Waals surface area contributed by atoms with Crippen molar-refractivity contribution in [1.82, 2.24) is 15.5 Å². The Morgan fingerprint density at radius 1 is 1.26 bits per heavy atom. The summed E-state index contributed by atoms with van der Waals surface area (Å²) in [5.74, 6) is 2.53. The number of halogens is 1. The predicted molar refractivity (Wildman–Crippen MR) is 123 cm³/mol. The lowest BCUT2D eigenvalue weighted by Crippen LogP contribution is -2.42. The lowest BCUT2D eigenvalue weighted by Gasteiger charge is -2.35. The van der Waals surface area contributed by atoms with Gasteiger partial charge in [0.1, 0.15) is 0 Å². The monoisotopic (exact) mass is 496 g/mol. The lowest BCUT2D eigenvalue weighted by atomic mass is 9.84. The molecule has 160 valence electrons. The quantitative estimate of drug-likeness (QED) is 0.198. The number of nitrogens with zero attached hydrogens (tertiary/aromatic N) is 2. The summed E-state index contributed by atoms with van der Waals surface area (Å²) in [6, 6.07) is 0. The summed E-state index contributed by atoms with van der Waals surface area (Å²) >= 11 is 0. The van der Waals surface area contributed by atoms with Crippen molar-refractivity contribution in [3.05, 3.63) is 0 Å². The van der Waals surface area contributed by atoms with Gasteiger partial charge in [0.15, 0.2) is 5.96 Å². The number of rotatable bonds is 9. The third-order valence-corrected chi connectivity index (χ3v) is 5.63. The zero-order valence-electron chi connectivity index (χ0n) is 17.5. The number of aliphatic hydroxyl groups excluding tert-OH is 1. The van der Waals surface area contributed by atoms with Gasteiger partial charge in [-0.1, -0.05) is 13.8 Å². The molecule has 0 amide bonds. The van der Waals surface area contributed by atoms with Crippen molar-refractivity contribution in [2.45, 2.75) is 46.5 Å². The first-order valence-corrected chi connectivity index (χ1v) is 10.5. The molecule has 3 unspecified atom stereocenters. The summed E-state index contributed by atoms with van der Waals surface area (Å²) in [4.78, 5) is 7.39. The maximum atomic E-state index is 9.35. The summed E-state index contributed by atoms with van der Waals surface area (Å²) in [5.41, 5.74) is 0.0111.